The smallest absolute Gasteiger partial charge is 0.245 e. The van der Waals surface area contributed by atoms with Crippen LogP contribution in [-0.4, -0.2) is 39.6 Å². The number of aryl methyl sites for hydroxylation is 1. The van der Waals surface area contributed by atoms with Crippen LogP contribution in [0, 0.1) is 11.7 Å². The van der Waals surface area contributed by atoms with E-state index in [1.54, 1.807) is 27.8 Å². The van der Waals surface area contributed by atoms with Crippen molar-refractivity contribution in [2.45, 2.75) is 26.7 Å². The Morgan fingerprint density at radius 3 is 2.24 bits per heavy atom. The zero-order valence-corrected chi connectivity index (χ0v) is 21.1. The lowest BCUT2D eigenvalue weighted by Gasteiger charge is -2.24. The second-order valence-electron chi connectivity index (χ2n) is 9.37. The quantitative estimate of drug-likeness (QED) is 0.303. The van der Waals surface area contributed by atoms with Crippen LogP contribution in [-0.2, 0) is 16.0 Å². The molecule has 37 heavy (non-hydrogen) atoms. The Labute approximate surface area is 216 Å². The van der Waals surface area contributed by atoms with Gasteiger partial charge in [0.25, 0.3) is 0 Å². The van der Waals surface area contributed by atoms with Crippen LogP contribution in [0.2, 0.25) is 0 Å². The third kappa shape index (κ3) is 7.13. The summed E-state index contributed by atoms with van der Waals surface area (Å²) in [5.74, 6) is -0.0935. The second kappa shape index (κ2) is 12.1. The van der Waals surface area contributed by atoms with Crippen molar-refractivity contribution in [3.05, 3.63) is 102 Å². The number of carbonyl (C=O) groups excluding carboxylic acids is 2. The molecule has 0 atom stereocenters. The average Bonchev–Trinajstić information content (AvgIpc) is 3.31. The Bertz CT molecular complexity index is 1320. The van der Waals surface area contributed by atoms with Crippen LogP contribution in [0.1, 0.15) is 25.8 Å². The fourth-order valence-electron chi connectivity index (χ4n) is 4.10. The van der Waals surface area contributed by atoms with E-state index >= 15 is 0 Å². The van der Waals surface area contributed by atoms with Gasteiger partial charge < -0.3 is 10.2 Å². The van der Waals surface area contributed by atoms with Gasteiger partial charge in [-0.25, -0.2) is 9.07 Å². The van der Waals surface area contributed by atoms with Gasteiger partial charge in [0.15, 0.2) is 0 Å². The van der Waals surface area contributed by atoms with Gasteiger partial charge in [-0.05, 0) is 42.2 Å². The van der Waals surface area contributed by atoms with Crippen LogP contribution < -0.4 is 5.32 Å². The monoisotopic (exact) mass is 498 g/mol. The molecule has 0 saturated heterocycles. The lowest BCUT2D eigenvalue weighted by atomic mass is 10.1. The first kappa shape index (κ1) is 25.8. The van der Waals surface area contributed by atoms with Crippen LogP contribution in [0.25, 0.3) is 16.9 Å². The maximum atomic E-state index is 13.5. The van der Waals surface area contributed by atoms with E-state index in [9.17, 15) is 14.0 Å². The summed E-state index contributed by atoms with van der Waals surface area (Å²) < 4.78 is 15.1. The number of nitrogens with zero attached hydrogens (tertiary/aromatic N) is 3. The number of hydrogen-bond donors (Lipinski definition) is 1. The van der Waals surface area contributed by atoms with E-state index in [0.717, 1.165) is 11.1 Å². The van der Waals surface area contributed by atoms with Crippen LogP contribution in [0.5, 0.6) is 0 Å². The predicted octanol–water partition coefficient (Wildman–Crippen LogP) is 5.73. The van der Waals surface area contributed by atoms with Gasteiger partial charge in [0.1, 0.15) is 11.6 Å². The molecule has 0 unspecified atom stereocenters. The molecule has 0 aliphatic rings. The summed E-state index contributed by atoms with van der Waals surface area (Å²) in [6.45, 7) is 4.45. The zero-order valence-electron chi connectivity index (χ0n) is 21.1. The number of carbonyl (C=O) groups is 2. The fraction of sp³-hybridized carbons (Fsp3) is 0.233. The maximum Gasteiger partial charge on any atom is 0.245 e. The Kier molecular flexibility index (Phi) is 8.46. The molecule has 3 aromatic carbocycles. The van der Waals surface area contributed by atoms with Gasteiger partial charge in [-0.3, -0.25) is 9.59 Å². The third-order valence-corrected chi connectivity index (χ3v) is 5.86. The first-order valence-corrected chi connectivity index (χ1v) is 12.4. The van der Waals surface area contributed by atoms with E-state index in [1.807, 2.05) is 74.5 Å². The summed E-state index contributed by atoms with van der Waals surface area (Å²) in [7, 11) is 0. The summed E-state index contributed by atoms with van der Waals surface area (Å²) in [6.07, 6.45) is 0.948. The Balaban J connectivity index is 1.52. The van der Waals surface area contributed by atoms with E-state index < -0.39 is 0 Å². The number of hydrogen-bond acceptors (Lipinski definition) is 3. The molecular formula is C30H31FN4O2. The van der Waals surface area contributed by atoms with Gasteiger partial charge in [-0.1, -0.05) is 74.5 Å². The van der Waals surface area contributed by atoms with E-state index in [2.05, 4.69) is 10.4 Å². The molecule has 4 aromatic rings. The van der Waals surface area contributed by atoms with Crippen molar-refractivity contribution in [1.29, 1.82) is 0 Å². The van der Waals surface area contributed by atoms with Crippen LogP contribution in [0.3, 0.4) is 0 Å². The van der Waals surface area contributed by atoms with Crippen molar-refractivity contribution in [2.75, 3.05) is 18.4 Å². The van der Waals surface area contributed by atoms with Crippen molar-refractivity contribution in [1.82, 2.24) is 14.7 Å². The molecule has 2 amide bonds. The van der Waals surface area contributed by atoms with Crippen molar-refractivity contribution in [2.24, 2.45) is 5.92 Å². The molecule has 1 N–H and O–H groups in total. The normalized spacial score (nSPS) is 10.9. The number of benzene rings is 3. The minimum Gasteiger partial charge on any atom is -0.333 e. The number of anilines is 1. The predicted molar refractivity (Wildman–Crippen MR) is 144 cm³/mol. The maximum absolute atomic E-state index is 13.5. The molecule has 6 nitrogen and oxygen atoms in total. The molecular weight excluding hydrogens is 467 g/mol. The highest BCUT2D eigenvalue weighted by Crippen LogP contribution is 2.25. The first-order valence-electron chi connectivity index (χ1n) is 12.4. The zero-order chi connectivity index (χ0) is 26.2. The van der Waals surface area contributed by atoms with Crippen LogP contribution in [0.4, 0.5) is 10.2 Å². The largest absolute Gasteiger partial charge is 0.333 e. The molecule has 4 rings (SSSR count). The summed E-state index contributed by atoms with van der Waals surface area (Å²) >= 11 is 0. The lowest BCUT2D eigenvalue weighted by Crippen LogP contribution is -2.40. The molecule has 0 bridgehead atoms. The Morgan fingerprint density at radius 2 is 1.59 bits per heavy atom. The standard InChI is InChI=1S/C30H31FN4O2/c1-22(2)20-34(30(37)18-13-23-9-5-3-6-10-23)21-29(36)32-28-19-27(24-11-7-4-8-12-24)33-35(28)26-16-14-25(31)15-17-26/h3-12,14-17,19,22H,13,18,20-21H2,1-2H3,(H,32,36). The number of nitrogens with one attached hydrogen (secondary N) is 1. The summed E-state index contributed by atoms with van der Waals surface area (Å²) in [5.41, 5.74) is 3.24. The first-order chi connectivity index (χ1) is 17.9. The Hall–Kier alpha value is -4.26. The van der Waals surface area contributed by atoms with Gasteiger partial charge in [-0.2, -0.15) is 5.10 Å². The van der Waals surface area contributed by atoms with Crippen molar-refractivity contribution in [3.63, 3.8) is 0 Å². The molecule has 0 spiro atoms. The van der Waals surface area contributed by atoms with Crippen molar-refractivity contribution >= 4 is 17.6 Å². The fourth-order valence-corrected chi connectivity index (χ4v) is 4.10. The van der Waals surface area contributed by atoms with Gasteiger partial charge >= 0.3 is 0 Å². The van der Waals surface area contributed by atoms with Gasteiger partial charge in [-0.15, -0.1) is 0 Å². The molecule has 1 aromatic heterocycles. The molecule has 7 heteroatoms. The van der Waals surface area contributed by atoms with Gasteiger partial charge in [0, 0.05) is 24.6 Å². The summed E-state index contributed by atoms with van der Waals surface area (Å²) in [6, 6.07) is 27.1. The summed E-state index contributed by atoms with van der Waals surface area (Å²) in [4.78, 5) is 27.8. The SMILES string of the molecule is CC(C)CN(CC(=O)Nc1cc(-c2ccccc2)nn1-c1ccc(F)cc1)C(=O)CCc1ccccc1. The minimum atomic E-state index is -0.358. The highest BCUT2D eigenvalue weighted by atomic mass is 19.1. The lowest BCUT2D eigenvalue weighted by molar-refractivity contribution is -0.135. The highest BCUT2D eigenvalue weighted by molar-refractivity contribution is 5.94. The van der Waals surface area contributed by atoms with E-state index in [1.165, 1.54) is 12.1 Å². The third-order valence-electron chi connectivity index (χ3n) is 5.86. The molecule has 0 fully saturated rings. The summed E-state index contributed by atoms with van der Waals surface area (Å²) in [5, 5.41) is 7.58. The van der Waals surface area contributed by atoms with Crippen molar-refractivity contribution < 1.29 is 14.0 Å². The molecule has 190 valence electrons. The molecule has 1 heterocycles. The number of halogens is 1. The van der Waals surface area contributed by atoms with E-state index in [-0.39, 0.29) is 30.1 Å². The van der Waals surface area contributed by atoms with E-state index in [4.69, 9.17) is 0 Å². The van der Waals surface area contributed by atoms with Gasteiger partial charge in [0.2, 0.25) is 11.8 Å². The average molecular weight is 499 g/mol. The molecule has 0 aliphatic heterocycles. The topological polar surface area (TPSA) is 67.2 Å². The number of rotatable bonds is 10. The van der Waals surface area contributed by atoms with Crippen LogP contribution in [0.15, 0.2) is 91.0 Å². The molecule has 0 aliphatic carbocycles. The number of aromatic nitrogens is 2. The van der Waals surface area contributed by atoms with Gasteiger partial charge in [0.05, 0.1) is 17.9 Å². The second-order valence-corrected chi connectivity index (χ2v) is 9.37. The molecule has 0 saturated carbocycles. The van der Waals surface area contributed by atoms with Crippen LogP contribution >= 0.6 is 0 Å². The number of amides is 2. The minimum absolute atomic E-state index is 0.0651. The van der Waals surface area contributed by atoms with Crippen molar-refractivity contribution in [3.8, 4) is 16.9 Å². The molecule has 0 radical (unpaired) electrons. The van der Waals surface area contributed by atoms with E-state index in [0.29, 0.717) is 36.6 Å². The highest BCUT2D eigenvalue weighted by Gasteiger charge is 2.20. The Morgan fingerprint density at radius 1 is 0.946 bits per heavy atom.